The lowest BCUT2D eigenvalue weighted by atomic mass is 10.3. The van der Waals surface area contributed by atoms with Crippen LogP contribution in [0, 0.1) is 13.8 Å². The van der Waals surface area contributed by atoms with E-state index in [0.717, 1.165) is 12.1 Å². The van der Waals surface area contributed by atoms with Crippen LogP contribution in [0.5, 0.6) is 17.4 Å². The summed E-state index contributed by atoms with van der Waals surface area (Å²) in [5.74, 6) is 0.653. The molecule has 0 aliphatic heterocycles. The number of hydrogen-bond donors (Lipinski definition) is 0. The minimum atomic E-state index is -4.73. The van der Waals surface area contributed by atoms with E-state index in [0.29, 0.717) is 17.1 Å². The van der Waals surface area contributed by atoms with Crippen molar-refractivity contribution >= 4 is 11.6 Å². The molecule has 0 amide bonds. The minimum absolute atomic E-state index is 0.247. The molecule has 4 nitrogen and oxygen atoms in total. The number of nitrogens with zero attached hydrogens (tertiary/aromatic N) is 2. The zero-order valence-corrected chi connectivity index (χ0v) is 11.8. The SMILES string of the molecule is Cc1nc(Cl)c(C)c(Oc2ccc(OC(F)(F)F)cc2)n1. The van der Waals surface area contributed by atoms with E-state index in [2.05, 4.69) is 14.7 Å². The monoisotopic (exact) mass is 318 g/mol. The number of ether oxygens (including phenoxy) is 2. The predicted molar refractivity (Wildman–Crippen MR) is 69.7 cm³/mol. The smallest absolute Gasteiger partial charge is 0.439 e. The second-order valence-electron chi connectivity index (χ2n) is 4.11. The molecule has 0 bridgehead atoms. The lowest BCUT2D eigenvalue weighted by Gasteiger charge is -2.11. The summed E-state index contributed by atoms with van der Waals surface area (Å²) in [6, 6.07) is 4.97. The number of benzene rings is 1. The number of aromatic nitrogens is 2. The van der Waals surface area contributed by atoms with Gasteiger partial charge in [-0.15, -0.1) is 13.2 Å². The molecule has 1 heterocycles. The summed E-state index contributed by atoms with van der Waals surface area (Å²) in [7, 11) is 0. The van der Waals surface area contributed by atoms with Crippen LogP contribution in [0.2, 0.25) is 5.15 Å². The van der Waals surface area contributed by atoms with Gasteiger partial charge in [-0.2, -0.15) is 4.98 Å². The molecule has 0 aliphatic rings. The first kappa shape index (κ1) is 15.4. The third-order valence-electron chi connectivity index (χ3n) is 2.43. The van der Waals surface area contributed by atoms with Gasteiger partial charge in [0.05, 0.1) is 0 Å². The maximum absolute atomic E-state index is 12.0. The average molecular weight is 319 g/mol. The Labute approximate surface area is 123 Å². The first-order valence-corrected chi connectivity index (χ1v) is 6.17. The molecule has 0 N–H and O–H groups in total. The highest BCUT2D eigenvalue weighted by atomic mass is 35.5. The summed E-state index contributed by atoms with van der Waals surface area (Å²) in [4.78, 5) is 8.04. The van der Waals surface area contributed by atoms with Crippen LogP contribution in [0.1, 0.15) is 11.4 Å². The van der Waals surface area contributed by atoms with Crippen molar-refractivity contribution < 1.29 is 22.6 Å². The Morgan fingerprint density at radius 1 is 1.00 bits per heavy atom. The lowest BCUT2D eigenvalue weighted by molar-refractivity contribution is -0.274. The van der Waals surface area contributed by atoms with Crippen LogP contribution < -0.4 is 9.47 Å². The first-order valence-electron chi connectivity index (χ1n) is 5.79. The molecular formula is C13H10ClF3N2O2. The topological polar surface area (TPSA) is 44.2 Å². The van der Waals surface area contributed by atoms with E-state index in [1.165, 1.54) is 12.1 Å². The van der Waals surface area contributed by atoms with E-state index >= 15 is 0 Å². The molecule has 112 valence electrons. The first-order chi connectivity index (χ1) is 9.74. The van der Waals surface area contributed by atoms with Crippen LogP contribution >= 0.6 is 11.6 Å². The van der Waals surface area contributed by atoms with Gasteiger partial charge in [0.15, 0.2) is 0 Å². The molecule has 8 heteroatoms. The number of hydrogen-bond acceptors (Lipinski definition) is 4. The summed E-state index contributed by atoms with van der Waals surface area (Å²) in [6.07, 6.45) is -4.73. The van der Waals surface area contributed by atoms with Crippen LogP contribution in [0.15, 0.2) is 24.3 Å². The van der Waals surface area contributed by atoms with Crippen LogP contribution in [-0.4, -0.2) is 16.3 Å². The lowest BCUT2D eigenvalue weighted by Crippen LogP contribution is -2.16. The van der Waals surface area contributed by atoms with E-state index in [1.807, 2.05) is 0 Å². The second kappa shape index (κ2) is 5.77. The summed E-state index contributed by atoms with van der Waals surface area (Å²) >= 11 is 5.91. The minimum Gasteiger partial charge on any atom is -0.439 e. The van der Waals surface area contributed by atoms with Crippen molar-refractivity contribution in [2.24, 2.45) is 0 Å². The van der Waals surface area contributed by atoms with Crippen molar-refractivity contribution in [3.05, 3.63) is 40.8 Å². The molecule has 0 saturated heterocycles. The van der Waals surface area contributed by atoms with Gasteiger partial charge in [0, 0.05) is 5.56 Å². The highest BCUT2D eigenvalue weighted by Crippen LogP contribution is 2.29. The van der Waals surface area contributed by atoms with Gasteiger partial charge in [-0.1, -0.05) is 11.6 Å². The summed E-state index contributed by atoms with van der Waals surface area (Å²) < 4.78 is 45.4. The Morgan fingerprint density at radius 2 is 1.57 bits per heavy atom. The normalized spacial score (nSPS) is 11.3. The van der Waals surface area contributed by atoms with Crippen molar-refractivity contribution in [2.75, 3.05) is 0 Å². The van der Waals surface area contributed by atoms with Crippen molar-refractivity contribution in [3.63, 3.8) is 0 Å². The van der Waals surface area contributed by atoms with Crippen molar-refractivity contribution in [1.82, 2.24) is 9.97 Å². The summed E-state index contributed by atoms with van der Waals surface area (Å²) in [5.41, 5.74) is 0.540. The summed E-state index contributed by atoms with van der Waals surface area (Å²) in [6.45, 7) is 3.33. The van der Waals surface area contributed by atoms with Crippen LogP contribution in [0.3, 0.4) is 0 Å². The van der Waals surface area contributed by atoms with E-state index in [9.17, 15) is 13.2 Å². The van der Waals surface area contributed by atoms with E-state index < -0.39 is 6.36 Å². The van der Waals surface area contributed by atoms with Gasteiger partial charge in [-0.05, 0) is 38.1 Å². The maximum atomic E-state index is 12.0. The largest absolute Gasteiger partial charge is 0.573 e. The third kappa shape index (κ3) is 4.22. The fourth-order valence-corrected chi connectivity index (χ4v) is 1.69. The van der Waals surface area contributed by atoms with Gasteiger partial charge in [0.1, 0.15) is 22.5 Å². The van der Waals surface area contributed by atoms with Gasteiger partial charge < -0.3 is 9.47 Å². The molecule has 0 aliphatic carbocycles. The van der Waals surface area contributed by atoms with Crippen LogP contribution in [-0.2, 0) is 0 Å². The van der Waals surface area contributed by atoms with Crippen molar-refractivity contribution in [2.45, 2.75) is 20.2 Å². The molecule has 2 rings (SSSR count). The Hall–Kier alpha value is -2.02. The third-order valence-corrected chi connectivity index (χ3v) is 2.79. The molecule has 21 heavy (non-hydrogen) atoms. The molecular weight excluding hydrogens is 309 g/mol. The molecule has 0 spiro atoms. The number of aryl methyl sites for hydroxylation is 1. The van der Waals surface area contributed by atoms with E-state index in [1.54, 1.807) is 13.8 Å². The Morgan fingerprint density at radius 3 is 2.14 bits per heavy atom. The molecule has 1 aromatic heterocycles. The molecule has 0 fully saturated rings. The van der Waals surface area contributed by atoms with Crippen LogP contribution in [0.25, 0.3) is 0 Å². The Bertz CT molecular complexity index is 645. The highest BCUT2D eigenvalue weighted by Gasteiger charge is 2.31. The number of halogens is 4. The zero-order chi connectivity index (χ0) is 15.6. The molecule has 0 radical (unpaired) electrons. The number of alkyl halides is 3. The average Bonchev–Trinajstić information content (AvgIpc) is 2.36. The standard InChI is InChI=1S/C13H10ClF3N2O2/c1-7-11(14)18-8(2)19-12(7)20-9-3-5-10(6-4-9)21-13(15,16)17/h3-6H,1-2H3. The van der Waals surface area contributed by atoms with Gasteiger partial charge >= 0.3 is 6.36 Å². The van der Waals surface area contributed by atoms with Gasteiger partial charge in [-0.3, -0.25) is 0 Å². The molecule has 0 unspecified atom stereocenters. The fraction of sp³-hybridized carbons (Fsp3) is 0.231. The summed E-state index contributed by atoms with van der Waals surface area (Å²) in [5, 5.41) is 0.259. The van der Waals surface area contributed by atoms with Gasteiger partial charge in [-0.25, -0.2) is 4.98 Å². The van der Waals surface area contributed by atoms with Crippen molar-refractivity contribution in [1.29, 1.82) is 0 Å². The molecule has 0 saturated carbocycles. The second-order valence-corrected chi connectivity index (χ2v) is 4.47. The predicted octanol–water partition coefficient (Wildman–Crippen LogP) is 4.44. The van der Waals surface area contributed by atoms with E-state index in [-0.39, 0.29) is 16.8 Å². The Kier molecular flexibility index (Phi) is 4.22. The highest BCUT2D eigenvalue weighted by molar-refractivity contribution is 6.30. The molecule has 1 aromatic carbocycles. The quantitative estimate of drug-likeness (QED) is 0.785. The zero-order valence-electron chi connectivity index (χ0n) is 11.0. The van der Waals surface area contributed by atoms with E-state index in [4.69, 9.17) is 16.3 Å². The van der Waals surface area contributed by atoms with Crippen LogP contribution in [0.4, 0.5) is 13.2 Å². The molecule has 0 atom stereocenters. The fourth-order valence-electron chi connectivity index (χ4n) is 1.49. The maximum Gasteiger partial charge on any atom is 0.573 e. The van der Waals surface area contributed by atoms with Crippen molar-refractivity contribution in [3.8, 4) is 17.4 Å². The van der Waals surface area contributed by atoms with Gasteiger partial charge in [0.25, 0.3) is 0 Å². The Balaban J connectivity index is 2.18. The molecule has 2 aromatic rings. The number of rotatable bonds is 3. The van der Waals surface area contributed by atoms with Gasteiger partial charge in [0.2, 0.25) is 5.88 Å².